The van der Waals surface area contributed by atoms with Gasteiger partial charge >= 0.3 is 297 Å². The molecule has 1 heteroatoms. The van der Waals surface area contributed by atoms with Crippen LogP contribution in [0.3, 0.4) is 0 Å². The molecular weight excluding hydrogens is 743 g/mol. The summed E-state index contributed by atoms with van der Waals surface area (Å²) in [5, 5.41) is 0. The molecule has 3 aromatic rings. The van der Waals surface area contributed by atoms with E-state index in [-0.39, 0.29) is 10.8 Å². The van der Waals surface area contributed by atoms with Crippen LogP contribution in [-0.4, -0.2) is 3.26 Å². The van der Waals surface area contributed by atoms with Crippen molar-refractivity contribution in [1.29, 1.82) is 0 Å². The predicted octanol–water partition coefficient (Wildman–Crippen LogP) is 14.1. The van der Waals surface area contributed by atoms with Crippen molar-refractivity contribution in [2.24, 2.45) is 5.92 Å². The van der Waals surface area contributed by atoms with Gasteiger partial charge in [0.25, 0.3) is 0 Å². The first kappa shape index (κ1) is 35.7. The molecule has 0 atom stereocenters. The second-order valence-electron chi connectivity index (χ2n) is 19.4. The summed E-state index contributed by atoms with van der Waals surface area (Å²) in [6.07, 6.45) is 16.8. The van der Waals surface area contributed by atoms with E-state index in [0.717, 1.165) is 0 Å². The summed E-state index contributed by atoms with van der Waals surface area (Å²) >= 11 is -4.45. The van der Waals surface area contributed by atoms with Gasteiger partial charge in [0.05, 0.1) is 0 Å². The second kappa shape index (κ2) is 12.6. The van der Waals surface area contributed by atoms with Crippen molar-refractivity contribution in [3.05, 3.63) is 118 Å². The van der Waals surface area contributed by atoms with Crippen LogP contribution >= 0.6 is 0 Å². The van der Waals surface area contributed by atoms with Gasteiger partial charge in [0.1, 0.15) is 0 Å². The zero-order valence-corrected chi connectivity index (χ0v) is 36.0. The van der Waals surface area contributed by atoms with Crippen molar-refractivity contribution < 1.29 is 18.0 Å². The summed E-state index contributed by atoms with van der Waals surface area (Å²) in [5.41, 5.74) is 14.0. The molecule has 48 heavy (non-hydrogen) atoms. The predicted molar refractivity (Wildman–Crippen MR) is 210 cm³/mol. The fourth-order valence-corrected chi connectivity index (χ4v) is 36.8. The van der Waals surface area contributed by atoms with Crippen LogP contribution in [0.25, 0.3) is 11.1 Å². The van der Waals surface area contributed by atoms with Gasteiger partial charge in [-0.1, -0.05) is 0 Å². The van der Waals surface area contributed by atoms with Gasteiger partial charge in [0.15, 0.2) is 0 Å². The molecule has 256 valence electrons. The van der Waals surface area contributed by atoms with Gasteiger partial charge < -0.3 is 0 Å². The molecule has 1 saturated carbocycles. The van der Waals surface area contributed by atoms with Crippen LogP contribution in [0.1, 0.15) is 156 Å². The van der Waals surface area contributed by atoms with Crippen molar-refractivity contribution in [3.8, 4) is 11.1 Å². The van der Waals surface area contributed by atoms with E-state index >= 15 is 0 Å². The average molecular weight is 808 g/mol. The van der Waals surface area contributed by atoms with E-state index < -0.39 is 18.0 Å². The molecule has 0 aliphatic heterocycles. The Morgan fingerprint density at radius 1 is 0.625 bits per heavy atom. The van der Waals surface area contributed by atoms with Crippen LogP contribution in [-0.2, 0) is 28.8 Å². The molecule has 3 aromatic carbocycles. The molecule has 3 aliphatic rings. The van der Waals surface area contributed by atoms with E-state index in [9.17, 15) is 0 Å². The first-order valence-corrected chi connectivity index (χ1v) is 32.4. The molecular formula is C47H64Hf. The molecule has 0 bridgehead atoms. The van der Waals surface area contributed by atoms with E-state index in [1.807, 2.05) is 3.26 Å². The van der Waals surface area contributed by atoms with Crippen LogP contribution in [0.2, 0.25) is 13.0 Å². The normalized spacial score (nSPS) is 17.9. The van der Waals surface area contributed by atoms with E-state index in [1.54, 1.807) is 16.7 Å². The molecule has 1 fully saturated rings. The van der Waals surface area contributed by atoms with Gasteiger partial charge in [-0.3, -0.25) is 0 Å². The Morgan fingerprint density at radius 2 is 1.08 bits per heavy atom. The summed E-state index contributed by atoms with van der Waals surface area (Å²) in [5.74, 6) is 1.67. The Balaban J connectivity index is 1.83. The minimum absolute atomic E-state index is 0.0969. The van der Waals surface area contributed by atoms with Gasteiger partial charge in [-0.05, 0) is 0 Å². The molecule has 0 N–H and O–H groups in total. The number of fused-ring (bicyclic) bond motifs is 3. The van der Waals surface area contributed by atoms with E-state index in [0.29, 0.717) is 25.1 Å². The van der Waals surface area contributed by atoms with Crippen LogP contribution in [0.15, 0.2) is 78.9 Å². The summed E-state index contributed by atoms with van der Waals surface area (Å²) < 4.78 is 8.67. The van der Waals surface area contributed by atoms with Gasteiger partial charge in [-0.15, -0.1) is 0 Å². The van der Waals surface area contributed by atoms with Crippen LogP contribution in [0.5, 0.6) is 0 Å². The SMILES string of the molecule is CC(C)c1cc([C](C2CCCCC2)=[Hf]([CH3])([CH3])([CH]2C=CC=C2)[CH]2c3cc(C(C)(C)C)ccc3-c3ccc(C(C)(C)C)cc32)cc(C(C)C)c1. The Hall–Kier alpha value is -2.12. The van der Waals surface area contributed by atoms with E-state index in [2.05, 4.69) is 157 Å². The molecule has 6 rings (SSSR count). The first-order chi connectivity index (χ1) is 22.4. The van der Waals surface area contributed by atoms with Crippen LogP contribution in [0.4, 0.5) is 0 Å². The van der Waals surface area contributed by atoms with Crippen molar-refractivity contribution in [2.45, 2.75) is 141 Å². The van der Waals surface area contributed by atoms with Gasteiger partial charge in [0, 0.05) is 0 Å². The quantitative estimate of drug-likeness (QED) is 0.218. The zero-order chi connectivity index (χ0) is 34.8. The van der Waals surface area contributed by atoms with Gasteiger partial charge in [-0.2, -0.15) is 0 Å². The van der Waals surface area contributed by atoms with Gasteiger partial charge in [0.2, 0.25) is 0 Å². The van der Waals surface area contributed by atoms with Gasteiger partial charge in [-0.25, -0.2) is 0 Å². The third-order valence-electron chi connectivity index (χ3n) is 12.9. The molecule has 0 radical (unpaired) electrons. The molecule has 0 unspecified atom stereocenters. The van der Waals surface area contributed by atoms with Crippen LogP contribution in [0, 0.1) is 5.92 Å². The molecule has 0 nitrogen and oxygen atoms in total. The maximum absolute atomic E-state index is 4.45. The van der Waals surface area contributed by atoms with Crippen LogP contribution < -0.4 is 0 Å². The molecule has 0 saturated heterocycles. The fourth-order valence-electron chi connectivity index (χ4n) is 9.93. The Labute approximate surface area is 295 Å². The number of benzene rings is 3. The standard InChI is InChI=1S/C21H25.C19H28.C5H5.2CH3.Hf/c1-20(2,3)16-7-9-18-14(12-16)11-15-13-17(21(4,5)6)8-10-19(15)18;1-14(2)18-11-17(12-19(13-18)15(3)4)10-16-8-6-5-7-9-16;1-2-4-5-3-1;;;/h7-13H,1-6H3;11-16H,5-9H2,1-4H3;1-5H;2*1H3;. The number of hydrogen-bond donors (Lipinski definition) is 0. The summed E-state index contributed by atoms with van der Waals surface area (Å²) in [6, 6.07) is 23.1. The van der Waals surface area contributed by atoms with E-state index in [4.69, 9.17) is 0 Å². The third-order valence-corrected chi connectivity index (χ3v) is 38.9. The molecule has 3 aliphatic carbocycles. The Kier molecular flexibility index (Phi) is 9.36. The molecule has 0 amide bonds. The van der Waals surface area contributed by atoms with Crippen molar-refractivity contribution in [2.75, 3.05) is 0 Å². The van der Waals surface area contributed by atoms with E-state index in [1.165, 1.54) is 65.5 Å². The number of allylic oxidation sites excluding steroid dienone is 4. The minimum atomic E-state index is -4.45. The summed E-state index contributed by atoms with van der Waals surface area (Å²) in [4.78, 5) is 0. The second-order valence-corrected chi connectivity index (χ2v) is 44.5. The average Bonchev–Trinajstić information content (AvgIpc) is 3.68. The van der Waals surface area contributed by atoms with Crippen molar-refractivity contribution in [3.63, 3.8) is 0 Å². The van der Waals surface area contributed by atoms with Crippen molar-refractivity contribution >= 4 is 3.26 Å². The monoisotopic (exact) mass is 808 g/mol. The first-order valence-electron chi connectivity index (χ1n) is 19.3. The Morgan fingerprint density at radius 3 is 1.50 bits per heavy atom. The topological polar surface area (TPSA) is 0 Å². The maximum atomic E-state index is 2.92. The van der Waals surface area contributed by atoms with Crippen molar-refractivity contribution in [1.82, 2.24) is 0 Å². The Bertz CT molecular complexity index is 1730. The number of rotatable bonds is 6. The molecule has 0 heterocycles. The number of hydrogen-bond acceptors (Lipinski definition) is 0. The fraction of sp³-hybridized carbons (Fsp3) is 0.511. The molecule has 0 aromatic heterocycles. The summed E-state index contributed by atoms with van der Waals surface area (Å²) in [7, 11) is 0. The molecule has 0 spiro atoms. The zero-order valence-electron chi connectivity index (χ0n) is 32.4. The summed E-state index contributed by atoms with van der Waals surface area (Å²) in [6.45, 7) is 23.9. The third kappa shape index (κ3) is 6.11.